The van der Waals surface area contributed by atoms with Gasteiger partial charge in [-0.1, -0.05) is 31.2 Å². The molecule has 1 aromatic heterocycles. The molecule has 2 rings (SSSR count). The topological polar surface area (TPSA) is 50.3 Å². The number of aldehydes is 1. The minimum atomic E-state index is -0.143. The summed E-state index contributed by atoms with van der Waals surface area (Å²) in [6.45, 7) is 2.91. The van der Waals surface area contributed by atoms with Crippen molar-refractivity contribution in [3.05, 3.63) is 52.3 Å². The molecule has 1 aliphatic heterocycles. The van der Waals surface area contributed by atoms with E-state index in [2.05, 4.69) is 11.9 Å². The molecule has 0 fully saturated rings. The molecule has 0 amide bonds. The predicted molar refractivity (Wildman–Crippen MR) is 80.0 cm³/mol. The molecule has 0 spiro atoms. The fourth-order valence-electron chi connectivity index (χ4n) is 1.79. The van der Waals surface area contributed by atoms with Crippen LogP contribution in [0, 0.1) is 0 Å². The van der Waals surface area contributed by atoms with Crippen molar-refractivity contribution in [2.24, 2.45) is 0 Å². The molecular formula is C15H16N2O2S. The lowest BCUT2D eigenvalue weighted by molar-refractivity contribution is -0.104. The smallest absolute Gasteiger partial charge is 0.206 e. The molecular weight excluding hydrogens is 272 g/mol. The minimum Gasteiger partial charge on any atom is -0.341 e. The summed E-state index contributed by atoms with van der Waals surface area (Å²) in [5.74, 6) is -0.143. The number of thioether (sulfide) groups is 1. The van der Waals surface area contributed by atoms with Crippen molar-refractivity contribution >= 4 is 23.8 Å². The van der Waals surface area contributed by atoms with Crippen LogP contribution in [0.5, 0.6) is 0 Å². The van der Waals surface area contributed by atoms with Crippen molar-refractivity contribution in [3.63, 3.8) is 0 Å². The van der Waals surface area contributed by atoms with Gasteiger partial charge in [-0.25, -0.2) is 0 Å². The summed E-state index contributed by atoms with van der Waals surface area (Å²) in [4.78, 5) is 29.6. The van der Waals surface area contributed by atoms with Crippen LogP contribution in [0.3, 0.4) is 0 Å². The Morgan fingerprint density at radius 3 is 2.95 bits per heavy atom. The number of carbonyl (C=O) groups excluding carboxylic acids is 2. The Hall–Kier alpha value is -1.88. The lowest BCUT2D eigenvalue weighted by atomic mass is 10.2. The first kappa shape index (κ1) is 14.5. The maximum absolute atomic E-state index is 12.1. The summed E-state index contributed by atoms with van der Waals surface area (Å²) >= 11 is 1.32. The second-order valence-corrected chi connectivity index (χ2v) is 5.45. The molecule has 2 heterocycles. The van der Waals surface area contributed by atoms with E-state index < -0.39 is 0 Å². The zero-order chi connectivity index (χ0) is 14.4. The monoisotopic (exact) mass is 288 g/mol. The van der Waals surface area contributed by atoms with Crippen LogP contribution in [-0.2, 0) is 4.79 Å². The van der Waals surface area contributed by atoms with Crippen LogP contribution in [-0.4, -0.2) is 28.5 Å². The van der Waals surface area contributed by atoms with E-state index in [9.17, 15) is 9.59 Å². The number of pyridine rings is 1. The molecule has 20 heavy (non-hydrogen) atoms. The van der Waals surface area contributed by atoms with Crippen molar-refractivity contribution in [2.45, 2.75) is 19.8 Å². The van der Waals surface area contributed by atoms with Gasteiger partial charge in [-0.3, -0.25) is 14.6 Å². The van der Waals surface area contributed by atoms with Gasteiger partial charge in [-0.2, -0.15) is 0 Å². The van der Waals surface area contributed by atoms with Gasteiger partial charge in [0, 0.05) is 25.0 Å². The average Bonchev–Trinajstić information content (AvgIpc) is 2.88. The number of aromatic nitrogens is 1. The number of hydrogen-bond donors (Lipinski definition) is 0. The molecule has 0 atom stereocenters. The second-order valence-electron chi connectivity index (χ2n) is 4.36. The summed E-state index contributed by atoms with van der Waals surface area (Å²) in [5.41, 5.74) is 0.413. The molecule has 0 unspecified atom stereocenters. The SMILES string of the molecule is CCCCN1C=C(C=O)S/C1=C\C(=O)c1ccccn1. The van der Waals surface area contributed by atoms with Crippen molar-refractivity contribution in [1.82, 2.24) is 9.88 Å². The van der Waals surface area contributed by atoms with E-state index in [0.29, 0.717) is 10.6 Å². The van der Waals surface area contributed by atoms with Gasteiger partial charge in [-0.05, 0) is 18.6 Å². The van der Waals surface area contributed by atoms with E-state index in [1.54, 1.807) is 36.7 Å². The Balaban J connectivity index is 2.15. The van der Waals surface area contributed by atoms with Crippen LogP contribution in [0.25, 0.3) is 0 Å². The maximum atomic E-state index is 12.1. The molecule has 1 aromatic rings. The van der Waals surface area contributed by atoms with Crippen LogP contribution in [0.4, 0.5) is 0 Å². The Bertz CT molecular complexity index is 552. The predicted octanol–water partition coefficient (Wildman–Crippen LogP) is 2.99. The second kappa shape index (κ2) is 7.05. The molecule has 0 aromatic carbocycles. The Kier molecular flexibility index (Phi) is 5.12. The third kappa shape index (κ3) is 3.57. The molecule has 0 aliphatic carbocycles. The summed E-state index contributed by atoms with van der Waals surface area (Å²) in [6.07, 6.45) is 7.83. The van der Waals surface area contributed by atoms with Gasteiger partial charge in [0.05, 0.1) is 9.93 Å². The van der Waals surface area contributed by atoms with Crippen LogP contribution < -0.4 is 0 Å². The average molecular weight is 288 g/mol. The lowest BCUT2D eigenvalue weighted by Gasteiger charge is -2.16. The van der Waals surface area contributed by atoms with Gasteiger partial charge >= 0.3 is 0 Å². The van der Waals surface area contributed by atoms with E-state index in [4.69, 9.17) is 0 Å². The Morgan fingerprint density at radius 2 is 2.30 bits per heavy atom. The largest absolute Gasteiger partial charge is 0.341 e. The number of carbonyl (C=O) groups is 2. The zero-order valence-electron chi connectivity index (χ0n) is 11.3. The first-order valence-electron chi connectivity index (χ1n) is 6.53. The quantitative estimate of drug-likeness (QED) is 0.457. The number of unbranched alkanes of at least 4 members (excludes halogenated alkanes) is 1. The van der Waals surface area contributed by atoms with Gasteiger partial charge in [0.1, 0.15) is 5.69 Å². The first-order chi connectivity index (χ1) is 9.74. The van der Waals surface area contributed by atoms with E-state index >= 15 is 0 Å². The highest BCUT2D eigenvalue weighted by Gasteiger charge is 2.20. The summed E-state index contributed by atoms with van der Waals surface area (Å²) < 4.78 is 0. The Morgan fingerprint density at radius 1 is 1.45 bits per heavy atom. The third-order valence-electron chi connectivity index (χ3n) is 2.83. The van der Waals surface area contributed by atoms with E-state index in [1.807, 2.05) is 4.90 Å². The molecule has 0 saturated heterocycles. The fourth-order valence-corrected chi connectivity index (χ4v) is 2.68. The minimum absolute atomic E-state index is 0.143. The van der Waals surface area contributed by atoms with Gasteiger partial charge in [0.25, 0.3) is 0 Å². The van der Waals surface area contributed by atoms with Gasteiger partial charge in [0.2, 0.25) is 5.78 Å². The summed E-state index contributed by atoms with van der Waals surface area (Å²) in [5, 5.41) is 0.788. The number of nitrogens with zero attached hydrogens (tertiary/aromatic N) is 2. The number of hydrogen-bond acceptors (Lipinski definition) is 5. The molecule has 5 heteroatoms. The first-order valence-corrected chi connectivity index (χ1v) is 7.34. The summed E-state index contributed by atoms with van der Waals surface area (Å²) in [7, 11) is 0. The highest BCUT2D eigenvalue weighted by molar-refractivity contribution is 8.07. The number of rotatable bonds is 6. The van der Waals surface area contributed by atoms with Gasteiger partial charge in [0.15, 0.2) is 6.29 Å². The molecule has 1 aliphatic rings. The third-order valence-corrected chi connectivity index (χ3v) is 3.83. The van der Waals surface area contributed by atoms with E-state index in [0.717, 1.165) is 30.7 Å². The van der Waals surface area contributed by atoms with Crippen molar-refractivity contribution < 1.29 is 9.59 Å². The van der Waals surface area contributed by atoms with Gasteiger partial charge in [-0.15, -0.1) is 0 Å². The molecule has 104 valence electrons. The highest BCUT2D eigenvalue weighted by atomic mass is 32.2. The molecule has 4 nitrogen and oxygen atoms in total. The van der Waals surface area contributed by atoms with Crippen molar-refractivity contribution in [2.75, 3.05) is 6.54 Å². The fraction of sp³-hybridized carbons (Fsp3) is 0.267. The number of ketones is 1. The molecule has 0 bridgehead atoms. The Labute approximate surface area is 122 Å². The standard InChI is InChI=1S/C15H16N2O2S/c1-2-3-8-17-10-12(11-18)20-15(17)9-14(19)13-6-4-5-7-16-13/h4-7,9-11H,2-3,8H2,1H3/b15-9-. The van der Waals surface area contributed by atoms with E-state index in [-0.39, 0.29) is 5.78 Å². The normalized spacial score (nSPS) is 16.4. The summed E-state index contributed by atoms with van der Waals surface area (Å²) in [6, 6.07) is 5.24. The van der Waals surface area contributed by atoms with E-state index in [1.165, 1.54) is 11.8 Å². The highest BCUT2D eigenvalue weighted by Crippen LogP contribution is 2.35. The van der Waals surface area contributed by atoms with Crippen LogP contribution in [0.15, 0.2) is 46.6 Å². The maximum Gasteiger partial charge on any atom is 0.206 e. The van der Waals surface area contributed by atoms with Crippen LogP contribution in [0.1, 0.15) is 30.3 Å². The molecule has 0 saturated carbocycles. The van der Waals surface area contributed by atoms with Crippen LogP contribution in [0.2, 0.25) is 0 Å². The lowest BCUT2D eigenvalue weighted by Crippen LogP contribution is -2.14. The molecule has 0 N–H and O–H groups in total. The van der Waals surface area contributed by atoms with Crippen LogP contribution >= 0.6 is 11.8 Å². The van der Waals surface area contributed by atoms with Crippen molar-refractivity contribution in [3.8, 4) is 0 Å². The molecule has 0 radical (unpaired) electrons. The van der Waals surface area contributed by atoms with Crippen molar-refractivity contribution in [1.29, 1.82) is 0 Å². The zero-order valence-corrected chi connectivity index (χ0v) is 12.1. The number of allylic oxidation sites excluding steroid dienone is 2. The van der Waals surface area contributed by atoms with Gasteiger partial charge < -0.3 is 4.90 Å².